The molecule has 15 heavy (non-hydrogen) atoms. The molecule has 0 saturated heterocycles. The number of anilines is 1. The summed E-state index contributed by atoms with van der Waals surface area (Å²) in [5.41, 5.74) is 0. The van der Waals surface area contributed by atoms with Gasteiger partial charge in [-0.15, -0.1) is 11.8 Å². The molecule has 1 aromatic heterocycles. The molecular weight excluding hydrogens is 254 g/mol. The summed E-state index contributed by atoms with van der Waals surface area (Å²) >= 11 is 17.4. The lowest BCUT2D eigenvalue weighted by Gasteiger charge is -2.06. The molecule has 1 heterocycles. The molecule has 1 aromatic rings. The van der Waals surface area contributed by atoms with Crippen molar-refractivity contribution in [2.24, 2.45) is 0 Å². The summed E-state index contributed by atoms with van der Waals surface area (Å²) in [5.74, 6) is 6.25. The minimum atomic E-state index is 0.241. The predicted molar refractivity (Wildman–Crippen MR) is 65.8 cm³/mol. The minimum Gasteiger partial charge on any atom is -0.368 e. The molecule has 1 N–H and O–H groups in total. The van der Waals surface area contributed by atoms with Crippen molar-refractivity contribution in [1.29, 1.82) is 0 Å². The van der Waals surface area contributed by atoms with Crippen LogP contribution in [0.5, 0.6) is 0 Å². The standard InChI is InChI=1S/C10H9Cl3N2/c1-2-3-4-5-14-10-8(12)6-7(11)9(13)15-10/h6H,4-5H2,1H3,(H,14,15). The van der Waals surface area contributed by atoms with Crippen LogP contribution in [0.4, 0.5) is 5.82 Å². The maximum atomic E-state index is 5.91. The summed E-state index contributed by atoms with van der Waals surface area (Å²) in [5, 5.41) is 4.07. The molecule has 1 rings (SSSR count). The van der Waals surface area contributed by atoms with E-state index in [0.29, 0.717) is 22.4 Å². The normalized spacial score (nSPS) is 9.33. The third kappa shape index (κ3) is 3.79. The summed E-state index contributed by atoms with van der Waals surface area (Å²) in [6.45, 7) is 2.47. The van der Waals surface area contributed by atoms with E-state index in [4.69, 9.17) is 34.8 Å². The van der Waals surface area contributed by atoms with Crippen molar-refractivity contribution in [3.05, 3.63) is 21.3 Å². The van der Waals surface area contributed by atoms with E-state index in [-0.39, 0.29) is 5.15 Å². The molecule has 0 aromatic carbocycles. The lowest BCUT2D eigenvalue weighted by atomic mass is 10.4. The number of pyridine rings is 1. The molecule has 0 aliphatic heterocycles. The van der Waals surface area contributed by atoms with Gasteiger partial charge in [-0.3, -0.25) is 0 Å². The summed E-state index contributed by atoms with van der Waals surface area (Å²) in [6.07, 6.45) is 0.731. The van der Waals surface area contributed by atoms with Crippen LogP contribution in [0.25, 0.3) is 0 Å². The molecule has 0 bridgehead atoms. The Morgan fingerprint density at radius 1 is 1.33 bits per heavy atom. The van der Waals surface area contributed by atoms with Crippen LogP contribution in [0.1, 0.15) is 13.3 Å². The van der Waals surface area contributed by atoms with E-state index < -0.39 is 0 Å². The van der Waals surface area contributed by atoms with Gasteiger partial charge in [0.2, 0.25) is 0 Å². The Morgan fingerprint density at radius 2 is 2.07 bits per heavy atom. The Labute approximate surface area is 104 Å². The highest BCUT2D eigenvalue weighted by Gasteiger charge is 2.06. The number of rotatable bonds is 3. The van der Waals surface area contributed by atoms with Crippen LogP contribution in [0.15, 0.2) is 6.07 Å². The number of aromatic nitrogens is 1. The maximum absolute atomic E-state index is 5.91. The molecule has 0 atom stereocenters. The van der Waals surface area contributed by atoms with Crippen LogP contribution in [0, 0.1) is 11.8 Å². The van der Waals surface area contributed by atoms with E-state index in [0.717, 1.165) is 6.42 Å². The predicted octanol–water partition coefficient (Wildman–Crippen LogP) is 3.87. The van der Waals surface area contributed by atoms with Gasteiger partial charge < -0.3 is 5.32 Å². The van der Waals surface area contributed by atoms with Gasteiger partial charge in [0.05, 0.1) is 10.0 Å². The second-order valence-corrected chi connectivity index (χ2v) is 3.87. The zero-order valence-electron chi connectivity index (χ0n) is 8.07. The van der Waals surface area contributed by atoms with Gasteiger partial charge in [0, 0.05) is 13.0 Å². The highest BCUT2D eigenvalue weighted by atomic mass is 35.5. The fourth-order valence-corrected chi connectivity index (χ4v) is 1.50. The van der Waals surface area contributed by atoms with Crippen LogP contribution in [0.2, 0.25) is 15.2 Å². The average molecular weight is 264 g/mol. The van der Waals surface area contributed by atoms with Crippen molar-refractivity contribution in [1.82, 2.24) is 4.98 Å². The molecule has 0 aliphatic rings. The zero-order chi connectivity index (χ0) is 11.3. The van der Waals surface area contributed by atoms with Gasteiger partial charge in [-0.05, 0) is 13.0 Å². The molecule has 0 radical (unpaired) electrons. The molecule has 0 saturated carbocycles. The van der Waals surface area contributed by atoms with Gasteiger partial charge in [0.15, 0.2) is 0 Å². The van der Waals surface area contributed by atoms with Crippen LogP contribution >= 0.6 is 34.8 Å². The lowest BCUT2D eigenvalue weighted by molar-refractivity contribution is 1.07. The van der Waals surface area contributed by atoms with Crippen LogP contribution in [-0.2, 0) is 0 Å². The van der Waals surface area contributed by atoms with Crippen molar-refractivity contribution in [2.75, 3.05) is 11.9 Å². The van der Waals surface area contributed by atoms with Gasteiger partial charge >= 0.3 is 0 Å². The summed E-state index contributed by atoms with van der Waals surface area (Å²) in [6, 6.07) is 1.56. The van der Waals surface area contributed by atoms with Crippen molar-refractivity contribution < 1.29 is 0 Å². The Bertz CT molecular complexity index is 407. The van der Waals surface area contributed by atoms with Crippen molar-refractivity contribution in [3.63, 3.8) is 0 Å². The first-order valence-electron chi connectivity index (χ1n) is 4.30. The van der Waals surface area contributed by atoms with E-state index >= 15 is 0 Å². The van der Waals surface area contributed by atoms with E-state index in [1.54, 1.807) is 13.0 Å². The Hall–Kier alpha value is -0.620. The molecule has 0 fully saturated rings. The fraction of sp³-hybridized carbons (Fsp3) is 0.300. The molecule has 0 spiro atoms. The van der Waals surface area contributed by atoms with E-state index in [1.807, 2.05) is 0 Å². The Kier molecular flexibility index (Phi) is 5.04. The van der Waals surface area contributed by atoms with E-state index in [2.05, 4.69) is 22.1 Å². The van der Waals surface area contributed by atoms with Gasteiger partial charge in [0.1, 0.15) is 11.0 Å². The van der Waals surface area contributed by atoms with Crippen LogP contribution in [0.3, 0.4) is 0 Å². The number of hydrogen-bond acceptors (Lipinski definition) is 2. The third-order valence-corrected chi connectivity index (χ3v) is 2.57. The fourth-order valence-electron chi connectivity index (χ4n) is 0.937. The van der Waals surface area contributed by atoms with E-state index in [9.17, 15) is 0 Å². The van der Waals surface area contributed by atoms with Crippen molar-refractivity contribution in [2.45, 2.75) is 13.3 Å². The van der Waals surface area contributed by atoms with Crippen LogP contribution in [-0.4, -0.2) is 11.5 Å². The number of nitrogens with one attached hydrogen (secondary N) is 1. The quantitative estimate of drug-likeness (QED) is 0.509. The smallest absolute Gasteiger partial charge is 0.150 e. The topological polar surface area (TPSA) is 24.9 Å². The van der Waals surface area contributed by atoms with Gasteiger partial charge in [-0.1, -0.05) is 34.8 Å². The molecule has 0 amide bonds. The van der Waals surface area contributed by atoms with Gasteiger partial charge in [-0.25, -0.2) is 4.98 Å². The molecule has 80 valence electrons. The third-order valence-electron chi connectivity index (χ3n) is 1.61. The van der Waals surface area contributed by atoms with Crippen LogP contribution < -0.4 is 5.32 Å². The molecule has 0 unspecified atom stereocenters. The van der Waals surface area contributed by atoms with Crippen molar-refractivity contribution >= 4 is 40.6 Å². The highest BCUT2D eigenvalue weighted by Crippen LogP contribution is 2.28. The first kappa shape index (κ1) is 12.4. The number of nitrogens with zero attached hydrogens (tertiary/aromatic N) is 1. The second-order valence-electron chi connectivity index (χ2n) is 2.69. The zero-order valence-corrected chi connectivity index (χ0v) is 10.3. The Morgan fingerprint density at radius 3 is 2.73 bits per heavy atom. The number of halogens is 3. The lowest BCUT2D eigenvalue weighted by Crippen LogP contribution is -2.03. The van der Waals surface area contributed by atoms with E-state index in [1.165, 1.54) is 0 Å². The monoisotopic (exact) mass is 262 g/mol. The SMILES string of the molecule is CC#CCCNc1nc(Cl)c(Cl)cc1Cl. The van der Waals surface area contributed by atoms with Gasteiger partial charge in [0.25, 0.3) is 0 Å². The minimum absolute atomic E-state index is 0.241. The van der Waals surface area contributed by atoms with Gasteiger partial charge in [-0.2, -0.15) is 0 Å². The summed E-state index contributed by atoms with van der Waals surface area (Å²) in [7, 11) is 0. The summed E-state index contributed by atoms with van der Waals surface area (Å²) < 4.78 is 0. The van der Waals surface area contributed by atoms with Crippen molar-refractivity contribution in [3.8, 4) is 11.8 Å². The largest absolute Gasteiger partial charge is 0.368 e. The molecule has 0 aliphatic carbocycles. The first-order chi connectivity index (χ1) is 7.15. The second kappa shape index (κ2) is 6.07. The number of hydrogen-bond donors (Lipinski definition) is 1. The maximum Gasteiger partial charge on any atom is 0.150 e. The summed E-state index contributed by atoms with van der Waals surface area (Å²) in [4.78, 5) is 4.01. The first-order valence-corrected chi connectivity index (χ1v) is 5.43. The molecular formula is C10H9Cl3N2. The molecule has 5 heteroatoms. The highest BCUT2D eigenvalue weighted by molar-refractivity contribution is 6.42. The average Bonchev–Trinajstić information content (AvgIpc) is 2.20. The Balaban J connectivity index is 2.67. The molecule has 2 nitrogen and oxygen atoms in total.